The van der Waals surface area contributed by atoms with Crippen LogP contribution in [0.4, 0.5) is 0 Å². The largest absolute Gasteiger partial charge is 0.352 e. The Morgan fingerprint density at radius 1 is 1.46 bits per heavy atom. The van der Waals surface area contributed by atoms with E-state index in [1.54, 1.807) is 0 Å². The number of nitrogens with zero attached hydrogens (tertiary/aromatic N) is 3. The number of likely N-dealkylation sites (tertiary alicyclic amines) is 1. The highest BCUT2D eigenvalue weighted by Crippen LogP contribution is 2.22. The number of aromatic nitrogens is 2. The second-order valence-electron chi connectivity index (χ2n) is 7.07. The monoisotopic (exact) mass is 330 g/mol. The van der Waals surface area contributed by atoms with E-state index in [-0.39, 0.29) is 5.91 Å². The zero-order valence-corrected chi connectivity index (χ0v) is 14.9. The van der Waals surface area contributed by atoms with Crippen LogP contribution in [-0.4, -0.2) is 46.6 Å². The van der Waals surface area contributed by atoms with E-state index in [9.17, 15) is 4.79 Å². The maximum Gasteiger partial charge on any atom is 0.258 e. The smallest absolute Gasteiger partial charge is 0.258 e. The third-order valence-corrected chi connectivity index (χ3v) is 4.82. The highest BCUT2D eigenvalue weighted by atomic mass is 16.5. The number of fused-ring (bicyclic) bond motifs is 1. The minimum absolute atomic E-state index is 0.0709. The molecular formula is C18H26N4O2. The summed E-state index contributed by atoms with van der Waals surface area (Å²) in [6.45, 7) is 11.1. The van der Waals surface area contributed by atoms with Crippen LogP contribution in [-0.2, 0) is 0 Å². The normalized spacial score (nSPS) is 19.1. The van der Waals surface area contributed by atoms with Crippen LogP contribution in [0.3, 0.4) is 0 Å². The molecule has 6 heteroatoms. The molecule has 1 aliphatic rings. The molecule has 1 aliphatic heterocycles. The maximum absolute atomic E-state index is 12.7. The molecule has 1 atom stereocenters. The molecule has 1 N–H and O–H groups in total. The standard InChI is InChI=1S/C18H26N4O2/c1-11(2)22-7-5-6-14(10-22)9-19-17(23)15-8-12(3)20-18-16(15)13(4)21-24-18/h8,11,14H,5-7,9-10H2,1-4H3,(H,19,23). The summed E-state index contributed by atoms with van der Waals surface area (Å²) in [6.07, 6.45) is 2.36. The zero-order chi connectivity index (χ0) is 17.3. The lowest BCUT2D eigenvalue weighted by Crippen LogP contribution is -2.43. The Hall–Kier alpha value is -1.95. The van der Waals surface area contributed by atoms with Crippen molar-refractivity contribution in [3.63, 3.8) is 0 Å². The van der Waals surface area contributed by atoms with Gasteiger partial charge in [-0.25, -0.2) is 4.98 Å². The van der Waals surface area contributed by atoms with Crippen LogP contribution in [0.2, 0.25) is 0 Å². The lowest BCUT2D eigenvalue weighted by Gasteiger charge is -2.35. The highest BCUT2D eigenvalue weighted by molar-refractivity contribution is 6.06. The number of piperidine rings is 1. The van der Waals surface area contributed by atoms with Gasteiger partial charge in [-0.1, -0.05) is 5.16 Å². The summed E-state index contributed by atoms with van der Waals surface area (Å²) in [5.74, 6) is 0.436. The fourth-order valence-corrected chi connectivity index (χ4v) is 3.46. The van der Waals surface area contributed by atoms with E-state index in [4.69, 9.17) is 4.52 Å². The predicted molar refractivity (Wildman–Crippen MR) is 93.0 cm³/mol. The molecule has 130 valence electrons. The van der Waals surface area contributed by atoms with Crippen molar-refractivity contribution < 1.29 is 9.32 Å². The second-order valence-corrected chi connectivity index (χ2v) is 7.07. The molecule has 24 heavy (non-hydrogen) atoms. The molecule has 1 fully saturated rings. The van der Waals surface area contributed by atoms with Gasteiger partial charge in [0.1, 0.15) is 0 Å². The van der Waals surface area contributed by atoms with Crippen molar-refractivity contribution in [2.24, 2.45) is 5.92 Å². The van der Waals surface area contributed by atoms with Crippen molar-refractivity contribution >= 4 is 17.0 Å². The fraction of sp³-hybridized carbons (Fsp3) is 0.611. The number of pyridine rings is 1. The molecular weight excluding hydrogens is 304 g/mol. The van der Waals surface area contributed by atoms with Gasteiger partial charge in [-0.05, 0) is 59.1 Å². The first-order chi connectivity index (χ1) is 11.5. The molecule has 2 aromatic heterocycles. The Morgan fingerprint density at radius 3 is 3.00 bits per heavy atom. The molecule has 0 saturated carbocycles. The van der Waals surface area contributed by atoms with Crippen molar-refractivity contribution in [1.82, 2.24) is 20.4 Å². The average Bonchev–Trinajstić information content (AvgIpc) is 2.93. The summed E-state index contributed by atoms with van der Waals surface area (Å²) in [7, 11) is 0. The molecule has 0 bridgehead atoms. The highest BCUT2D eigenvalue weighted by Gasteiger charge is 2.23. The average molecular weight is 330 g/mol. The van der Waals surface area contributed by atoms with E-state index in [0.717, 1.165) is 18.8 Å². The van der Waals surface area contributed by atoms with Gasteiger partial charge in [-0.15, -0.1) is 0 Å². The van der Waals surface area contributed by atoms with Crippen molar-refractivity contribution in [2.45, 2.75) is 46.6 Å². The number of carbonyl (C=O) groups excluding carboxylic acids is 1. The molecule has 1 saturated heterocycles. The summed E-state index contributed by atoms with van der Waals surface area (Å²) < 4.78 is 5.21. The summed E-state index contributed by atoms with van der Waals surface area (Å²) in [6, 6.07) is 2.37. The van der Waals surface area contributed by atoms with Gasteiger partial charge in [0.05, 0.1) is 16.6 Å². The van der Waals surface area contributed by atoms with Crippen LogP contribution in [0.25, 0.3) is 11.1 Å². The molecule has 0 radical (unpaired) electrons. The van der Waals surface area contributed by atoms with Crippen LogP contribution in [0, 0.1) is 19.8 Å². The van der Waals surface area contributed by atoms with Crippen molar-refractivity contribution in [3.05, 3.63) is 23.0 Å². The Labute approximate surface area is 142 Å². The van der Waals surface area contributed by atoms with Crippen LogP contribution < -0.4 is 5.32 Å². The molecule has 3 rings (SSSR count). The number of nitrogens with one attached hydrogen (secondary N) is 1. The minimum Gasteiger partial charge on any atom is -0.352 e. The van der Waals surface area contributed by atoms with Gasteiger partial charge in [0.15, 0.2) is 0 Å². The molecule has 1 unspecified atom stereocenters. The number of hydrogen-bond donors (Lipinski definition) is 1. The van der Waals surface area contributed by atoms with Gasteiger partial charge in [0, 0.05) is 24.8 Å². The van der Waals surface area contributed by atoms with Gasteiger partial charge >= 0.3 is 0 Å². The summed E-state index contributed by atoms with van der Waals surface area (Å²) in [5, 5.41) is 7.75. The van der Waals surface area contributed by atoms with Crippen LogP contribution in [0.1, 0.15) is 48.4 Å². The minimum atomic E-state index is -0.0709. The van der Waals surface area contributed by atoms with Gasteiger partial charge in [-0.2, -0.15) is 0 Å². The SMILES string of the molecule is Cc1cc(C(=O)NCC2CCCN(C(C)C)C2)c2c(C)noc2n1. The lowest BCUT2D eigenvalue weighted by atomic mass is 9.97. The van der Waals surface area contributed by atoms with E-state index in [1.165, 1.54) is 12.8 Å². The van der Waals surface area contributed by atoms with Crippen LogP contribution in [0.5, 0.6) is 0 Å². The number of carbonyl (C=O) groups is 1. The Morgan fingerprint density at radius 2 is 2.25 bits per heavy atom. The second kappa shape index (κ2) is 6.89. The summed E-state index contributed by atoms with van der Waals surface area (Å²) >= 11 is 0. The van der Waals surface area contributed by atoms with Gasteiger partial charge in [0.2, 0.25) is 0 Å². The number of hydrogen-bond acceptors (Lipinski definition) is 5. The van der Waals surface area contributed by atoms with Crippen LogP contribution >= 0.6 is 0 Å². The first-order valence-electron chi connectivity index (χ1n) is 8.71. The zero-order valence-electron chi connectivity index (χ0n) is 14.9. The van der Waals surface area contributed by atoms with Crippen molar-refractivity contribution in [2.75, 3.05) is 19.6 Å². The summed E-state index contributed by atoms with van der Waals surface area (Å²) in [4.78, 5) is 19.5. The maximum atomic E-state index is 12.7. The van der Waals surface area contributed by atoms with Gasteiger partial charge in [0.25, 0.3) is 11.6 Å². The molecule has 1 amide bonds. The third kappa shape index (κ3) is 3.43. The van der Waals surface area contributed by atoms with Gasteiger partial charge < -0.3 is 14.7 Å². The lowest BCUT2D eigenvalue weighted by molar-refractivity contribution is 0.0924. The van der Waals surface area contributed by atoms with E-state index in [0.29, 0.717) is 40.9 Å². The molecule has 0 spiro atoms. The van der Waals surface area contributed by atoms with E-state index in [2.05, 4.69) is 34.2 Å². The van der Waals surface area contributed by atoms with E-state index < -0.39 is 0 Å². The molecule has 2 aromatic rings. The Balaban J connectivity index is 1.70. The quantitative estimate of drug-likeness (QED) is 0.933. The first-order valence-corrected chi connectivity index (χ1v) is 8.71. The van der Waals surface area contributed by atoms with E-state index in [1.807, 2.05) is 19.9 Å². The fourth-order valence-electron chi connectivity index (χ4n) is 3.46. The topological polar surface area (TPSA) is 71.3 Å². The molecule has 3 heterocycles. The molecule has 6 nitrogen and oxygen atoms in total. The third-order valence-electron chi connectivity index (χ3n) is 4.82. The predicted octanol–water partition coefficient (Wildman–Crippen LogP) is 2.69. The van der Waals surface area contributed by atoms with Crippen LogP contribution in [0.15, 0.2) is 10.6 Å². The molecule has 0 aliphatic carbocycles. The van der Waals surface area contributed by atoms with Crippen molar-refractivity contribution in [1.29, 1.82) is 0 Å². The van der Waals surface area contributed by atoms with Gasteiger partial charge in [-0.3, -0.25) is 4.79 Å². The Bertz CT molecular complexity index is 738. The number of aryl methyl sites for hydroxylation is 2. The number of amides is 1. The first kappa shape index (κ1) is 16.9. The number of rotatable bonds is 4. The summed E-state index contributed by atoms with van der Waals surface area (Å²) in [5.41, 5.74) is 2.49. The molecule has 0 aromatic carbocycles. The Kier molecular flexibility index (Phi) is 4.85. The van der Waals surface area contributed by atoms with Crippen molar-refractivity contribution in [3.8, 4) is 0 Å². The van der Waals surface area contributed by atoms with E-state index >= 15 is 0 Å².